The van der Waals surface area contributed by atoms with Crippen molar-refractivity contribution in [2.24, 2.45) is 0 Å². The molecule has 2 rings (SSSR count). The minimum atomic E-state index is -3.57. The van der Waals surface area contributed by atoms with E-state index in [1.165, 1.54) is 9.21 Å². The van der Waals surface area contributed by atoms with Gasteiger partial charge in [0.15, 0.2) is 0 Å². The molecule has 8 nitrogen and oxygen atoms in total. The first-order valence-corrected chi connectivity index (χ1v) is 14.5. The minimum Gasteiger partial charge on any atom is -0.494 e. The molecule has 0 heterocycles. The van der Waals surface area contributed by atoms with E-state index in [1.54, 1.807) is 43.3 Å². The summed E-state index contributed by atoms with van der Waals surface area (Å²) in [5.41, 5.74) is 0.878. The number of sulfonamides is 1. The van der Waals surface area contributed by atoms with Gasteiger partial charge in [0.1, 0.15) is 11.8 Å². The van der Waals surface area contributed by atoms with Gasteiger partial charge in [-0.25, -0.2) is 8.42 Å². The fraction of sp³-hybridized carbons (Fsp3) is 0.481. The van der Waals surface area contributed by atoms with E-state index in [2.05, 4.69) is 5.32 Å². The van der Waals surface area contributed by atoms with Crippen molar-refractivity contribution in [2.45, 2.75) is 65.6 Å². The fourth-order valence-corrected chi connectivity index (χ4v) is 4.81. The number of halogens is 1. The van der Waals surface area contributed by atoms with E-state index in [0.29, 0.717) is 23.1 Å². The lowest BCUT2D eigenvalue weighted by molar-refractivity contribution is -0.141. The Bertz CT molecular complexity index is 1150. The van der Waals surface area contributed by atoms with E-state index in [9.17, 15) is 18.0 Å². The Hall–Kier alpha value is -2.78. The molecule has 1 unspecified atom stereocenters. The molecule has 2 amide bonds. The number of hydrogen-bond acceptors (Lipinski definition) is 5. The maximum Gasteiger partial charge on any atom is 0.242 e. The van der Waals surface area contributed by atoms with Crippen molar-refractivity contribution in [3.8, 4) is 5.75 Å². The lowest BCUT2D eigenvalue weighted by Gasteiger charge is -2.32. The van der Waals surface area contributed by atoms with Gasteiger partial charge in [-0.2, -0.15) is 0 Å². The molecule has 0 saturated carbocycles. The van der Waals surface area contributed by atoms with Crippen LogP contribution >= 0.6 is 11.6 Å². The molecule has 10 heteroatoms. The summed E-state index contributed by atoms with van der Waals surface area (Å²) < 4.78 is 31.7. The number of nitrogens with one attached hydrogen (secondary N) is 1. The smallest absolute Gasteiger partial charge is 0.242 e. The van der Waals surface area contributed by atoms with E-state index in [4.69, 9.17) is 16.3 Å². The zero-order valence-electron chi connectivity index (χ0n) is 22.5. The Morgan fingerprint density at radius 1 is 1.05 bits per heavy atom. The molecular weight excluding hydrogens is 514 g/mol. The number of rotatable bonds is 12. The predicted molar refractivity (Wildman–Crippen MR) is 148 cm³/mol. The highest BCUT2D eigenvalue weighted by molar-refractivity contribution is 7.92. The molecular formula is C27H38ClN3O5S. The van der Waals surface area contributed by atoms with Gasteiger partial charge in [-0.15, -0.1) is 0 Å². The van der Waals surface area contributed by atoms with Crippen LogP contribution in [0, 0.1) is 0 Å². The van der Waals surface area contributed by atoms with Crippen LogP contribution in [0.3, 0.4) is 0 Å². The molecule has 0 saturated heterocycles. The Morgan fingerprint density at radius 3 is 2.16 bits per heavy atom. The summed E-state index contributed by atoms with van der Waals surface area (Å²) in [4.78, 5) is 27.8. The monoisotopic (exact) mass is 551 g/mol. The van der Waals surface area contributed by atoms with Gasteiger partial charge < -0.3 is 15.0 Å². The summed E-state index contributed by atoms with van der Waals surface area (Å²) in [5, 5.41) is 3.51. The van der Waals surface area contributed by atoms with Gasteiger partial charge >= 0.3 is 0 Å². The van der Waals surface area contributed by atoms with Crippen molar-refractivity contribution in [1.82, 2.24) is 10.2 Å². The lowest BCUT2D eigenvalue weighted by Crippen LogP contribution is -2.52. The van der Waals surface area contributed by atoms with Gasteiger partial charge in [-0.1, -0.05) is 23.7 Å². The standard InChI is InChI=1S/C27H38ClN3O5S/c1-7-36-24-16-14-23(15-17-24)31(37(6,34)35)18-8-9-25(32)30(19-21-10-12-22(28)13-11-21)20(2)26(33)29-27(3,4)5/h10-17,20H,7-9,18-19H2,1-6H3,(H,29,33). The van der Waals surface area contributed by atoms with Crippen molar-refractivity contribution >= 4 is 39.1 Å². The highest BCUT2D eigenvalue weighted by Gasteiger charge is 2.28. The molecule has 0 aromatic heterocycles. The third-order valence-corrected chi connectivity index (χ3v) is 6.97. The van der Waals surface area contributed by atoms with Gasteiger partial charge in [0.05, 0.1) is 18.6 Å². The van der Waals surface area contributed by atoms with E-state index < -0.39 is 21.6 Å². The average Bonchev–Trinajstić information content (AvgIpc) is 2.80. The zero-order chi connectivity index (χ0) is 27.8. The second kappa shape index (κ2) is 13.1. The molecule has 2 aromatic carbocycles. The fourth-order valence-electron chi connectivity index (χ4n) is 3.72. The Kier molecular flexibility index (Phi) is 10.8. The average molecular weight is 552 g/mol. The highest BCUT2D eigenvalue weighted by Crippen LogP contribution is 2.23. The first-order valence-electron chi connectivity index (χ1n) is 12.3. The SMILES string of the molecule is CCOc1ccc(N(CCCC(=O)N(Cc2ccc(Cl)cc2)C(C)C(=O)NC(C)(C)C)S(C)(=O)=O)cc1. The topological polar surface area (TPSA) is 96.0 Å². The molecule has 37 heavy (non-hydrogen) atoms. The van der Waals surface area contributed by atoms with Crippen molar-refractivity contribution in [3.05, 3.63) is 59.1 Å². The first-order chi connectivity index (χ1) is 17.2. The van der Waals surface area contributed by atoms with Crippen LogP contribution < -0.4 is 14.4 Å². The third kappa shape index (κ3) is 9.89. The van der Waals surface area contributed by atoms with Gasteiger partial charge in [-0.3, -0.25) is 13.9 Å². The number of amides is 2. The Balaban J connectivity index is 2.17. The maximum absolute atomic E-state index is 13.3. The van der Waals surface area contributed by atoms with Gasteiger partial charge in [0.2, 0.25) is 21.8 Å². The summed E-state index contributed by atoms with van der Waals surface area (Å²) >= 11 is 6.00. The van der Waals surface area contributed by atoms with Crippen LogP contribution in [0.25, 0.3) is 0 Å². The number of anilines is 1. The molecule has 1 atom stereocenters. The second-order valence-corrected chi connectivity index (χ2v) is 12.3. The van der Waals surface area contributed by atoms with Gasteiger partial charge in [0, 0.05) is 30.1 Å². The van der Waals surface area contributed by atoms with E-state index in [-0.39, 0.29) is 37.7 Å². The van der Waals surface area contributed by atoms with Gasteiger partial charge in [-0.05, 0) is 83.0 Å². The number of nitrogens with zero attached hydrogens (tertiary/aromatic N) is 2. The molecule has 204 valence electrons. The van der Waals surface area contributed by atoms with Crippen LogP contribution in [0.5, 0.6) is 5.75 Å². The van der Waals surface area contributed by atoms with Crippen molar-refractivity contribution in [3.63, 3.8) is 0 Å². The summed E-state index contributed by atoms with van der Waals surface area (Å²) in [6.07, 6.45) is 1.49. The molecule has 0 bridgehead atoms. The highest BCUT2D eigenvalue weighted by atomic mass is 35.5. The summed E-state index contributed by atoms with van der Waals surface area (Å²) in [5.74, 6) is 0.142. The molecule has 0 aliphatic heterocycles. The summed E-state index contributed by atoms with van der Waals surface area (Å²) in [6.45, 7) is 10.1. The van der Waals surface area contributed by atoms with Crippen molar-refractivity contribution < 1.29 is 22.7 Å². The Labute approximate surface area is 226 Å². The van der Waals surface area contributed by atoms with E-state index >= 15 is 0 Å². The molecule has 1 N–H and O–H groups in total. The number of carbonyl (C=O) groups is 2. The second-order valence-electron chi connectivity index (χ2n) is 9.93. The number of ether oxygens (including phenoxy) is 1. The zero-order valence-corrected chi connectivity index (χ0v) is 24.0. The molecule has 2 aromatic rings. The number of carbonyl (C=O) groups excluding carboxylic acids is 2. The van der Waals surface area contributed by atoms with Crippen LogP contribution in [0.15, 0.2) is 48.5 Å². The molecule has 0 aliphatic carbocycles. The lowest BCUT2D eigenvalue weighted by atomic mass is 10.1. The van der Waals surface area contributed by atoms with Crippen LogP contribution in [-0.4, -0.2) is 56.1 Å². The quantitative estimate of drug-likeness (QED) is 0.415. The van der Waals surface area contributed by atoms with E-state index in [1.807, 2.05) is 39.8 Å². The van der Waals surface area contributed by atoms with Crippen molar-refractivity contribution in [1.29, 1.82) is 0 Å². The van der Waals surface area contributed by atoms with Crippen LogP contribution in [-0.2, 0) is 26.2 Å². The molecule has 0 aliphatic rings. The summed E-state index contributed by atoms with van der Waals surface area (Å²) in [7, 11) is -3.57. The maximum atomic E-state index is 13.3. The largest absolute Gasteiger partial charge is 0.494 e. The normalized spacial score (nSPS) is 12.5. The van der Waals surface area contributed by atoms with E-state index in [0.717, 1.165) is 11.8 Å². The minimum absolute atomic E-state index is 0.0732. The molecule has 0 radical (unpaired) electrons. The number of hydrogen-bond donors (Lipinski definition) is 1. The molecule has 0 fully saturated rings. The van der Waals surface area contributed by atoms with Crippen LogP contribution in [0.2, 0.25) is 5.02 Å². The molecule has 0 spiro atoms. The van der Waals surface area contributed by atoms with Crippen molar-refractivity contribution in [2.75, 3.05) is 23.7 Å². The van der Waals surface area contributed by atoms with Crippen LogP contribution in [0.4, 0.5) is 5.69 Å². The first kappa shape index (κ1) is 30.4. The predicted octanol–water partition coefficient (Wildman–Crippen LogP) is 4.62. The Morgan fingerprint density at radius 2 is 1.65 bits per heavy atom. The summed E-state index contributed by atoms with van der Waals surface area (Å²) in [6, 6.07) is 13.2. The number of benzene rings is 2. The van der Waals surface area contributed by atoms with Gasteiger partial charge in [0.25, 0.3) is 0 Å². The van der Waals surface area contributed by atoms with Crippen LogP contribution in [0.1, 0.15) is 53.0 Å². The third-order valence-electron chi connectivity index (χ3n) is 5.52.